The molecule has 4 atom stereocenters. The molecule has 1 saturated carbocycles. The highest BCUT2D eigenvalue weighted by atomic mass is 15.2. The molecule has 1 aliphatic carbocycles. The van der Waals surface area contributed by atoms with Crippen molar-refractivity contribution in [1.29, 1.82) is 0 Å². The van der Waals surface area contributed by atoms with E-state index >= 15 is 0 Å². The lowest BCUT2D eigenvalue weighted by molar-refractivity contribution is 0.0599. The molecule has 2 aliphatic rings. The smallest absolute Gasteiger partial charge is 0.0221 e. The van der Waals surface area contributed by atoms with Gasteiger partial charge in [-0.1, -0.05) is 13.3 Å². The lowest BCUT2D eigenvalue weighted by Gasteiger charge is -2.43. The van der Waals surface area contributed by atoms with Gasteiger partial charge >= 0.3 is 0 Å². The van der Waals surface area contributed by atoms with Gasteiger partial charge in [0, 0.05) is 18.1 Å². The molecule has 2 fully saturated rings. The Morgan fingerprint density at radius 1 is 1.18 bits per heavy atom. The first-order chi connectivity index (χ1) is 8.24. The van der Waals surface area contributed by atoms with Gasteiger partial charge in [-0.15, -0.1) is 0 Å². The number of rotatable bonds is 5. The number of nitrogens with zero attached hydrogens (tertiary/aromatic N) is 1. The average Bonchev–Trinajstić information content (AvgIpc) is 2.82. The zero-order valence-corrected chi connectivity index (χ0v) is 11.9. The van der Waals surface area contributed by atoms with Crippen LogP contribution >= 0.6 is 0 Å². The quantitative estimate of drug-likeness (QED) is 0.792. The monoisotopic (exact) mass is 238 g/mol. The first-order valence-corrected chi connectivity index (χ1v) is 7.73. The second kappa shape index (κ2) is 6.19. The minimum absolute atomic E-state index is 0.634. The van der Waals surface area contributed by atoms with E-state index in [1.165, 1.54) is 45.1 Å². The van der Waals surface area contributed by atoms with Crippen LogP contribution in [0.3, 0.4) is 0 Å². The zero-order chi connectivity index (χ0) is 12.3. The molecule has 2 heteroatoms. The van der Waals surface area contributed by atoms with E-state index in [1.807, 2.05) is 0 Å². The molecule has 0 aromatic rings. The molecule has 0 aromatic carbocycles. The van der Waals surface area contributed by atoms with Crippen molar-refractivity contribution in [2.24, 2.45) is 5.92 Å². The van der Waals surface area contributed by atoms with Gasteiger partial charge in [-0.3, -0.25) is 4.90 Å². The molecule has 1 N–H and O–H groups in total. The van der Waals surface area contributed by atoms with Crippen molar-refractivity contribution in [2.45, 2.75) is 77.4 Å². The van der Waals surface area contributed by atoms with Crippen LogP contribution < -0.4 is 5.32 Å². The third-order valence-electron chi connectivity index (χ3n) is 5.00. The van der Waals surface area contributed by atoms with E-state index < -0.39 is 0 Å². The molecule has 0 radical (unpaired) electrons. The van der Waals surface area contributed by atoms with Gasteiger partial charge in [-0.2, -0.15) is 0 Å². The molecule has 100 valence electrons. The molecule has 1 aliphatic heterocycles. The van der Waals surface area contributed by atoms with Gasteiger partial charge < -0.3 is 5.32 Å². The summed E-state index contributed by atoms with van der Waals surface area (Å²) in [6.45, 7) is 9.53. The SMILES string of the molecule is CCCNC(C)C(C)N1CCCC2CCCC21. The number of nitrogens with one attached hydrogen (secondary N) is 1. The van der Waals surface area contributed by atoms with Crippen LogP contribution in [0.25, 0.3) is 0 Å². The molecule has 0 amide bonds. The largest absolute Gasteiger partial charge is 0.313 e. The molecule has 0 spiro atoms. The first-order valence-electron chi connectivity index (χ1n) is 7.73. The minimum atomic E-state index is 0.634. The van der Waals surface area contributed by atoms with E-state index in [2.05, 4.69) is 31.0 Å². The molecule has 1 saturated heterocycles. The third-order valence-corrected chi connectivity index (χ3v) is 5.00. The average molecular weight is 238 g/mol. The van der Waals surface area contributed by atoms with Crippen molar-refractivity contribution in [2.75, 3.05) is 13.1 Å². The van der Waals surface area contributed by atoms with Crippen molar-refractivity contribution in [3.63, 3.8) is 0 Å². The first kappa shape index (κ1) is 13.4. The summed E-state index contributed by atoms with van der Waals surface area (Å²) < 4.78 is 0. The second-order valence-electron chi connectivity index (χ2n) is 6.12. The topological polar surface area (TPSA) is 15.3 Å². The fraction of sp³-hybridized carbons (Fsp3) is 1.00. The Labute approximate surface area is 107 Å². The van der Waals surface area contributed by atoms with Crippen molar-refractivity contribution < 1.29 is 0 Å². The Kier molecular flexibility index (Phi) is 4.87. The van der Waals surface area contributed by atoms with Crippen LogP contribution in [0.4, 0.5) is 0 Å². The van der Waals surface area contributed by atoms with Crippen LogP contribution in [-0.4, -0.2) is 36.1 Å². The maximum Gasteiger partial charge on any atom is 0.0221 e. The zero-order valence-electron chi connectivity index (χ0n) is 11.9. The molecule has 2 nitrogen and oxygen atoms in total. The van der Waals surface area contributed by atoms with Crippen LogP contribution in [-0.2, 0) is 0 Å². The summed E-state index contributed by atoms with van der Waals surface area (Å²) in [6.07, 6.45) is 8.56. The summed E-state index contributed by atoms with van der Waals surface area (Å²) in [5, 5.41) is 3.67. The van der Waals surface area contributed by atoms with E-state index in [9.17, 15) is 0 Å². The summed E-state index contributed by atoms with van der Waals surface area (Å²) in [5.41, 5.74) is 0. The summed E-state index contributed by atoms with van der Waals surface area (Å²) in [4.78, 5) is 2.81. The number of hydrogen-bond acceptors (Lipinski definition) is 2. The molecule has 2 rings (SSSR count). The van der Waals surface area contributed by atoms with E-state index in [1.54, 1.807) is 0 Å². The van der Waals surface area contributed by atoms with Gasteiger partial charge in [-0.25, -0.2) is 0 Å². The van der Waals surface area contributed by atoms with Crippen molar-refractivity contribution >= 4 is 0 Å². The summed E-state index contributed by atoms with van der Waals surface area (Å²) in [7, 11) is 0. The highest BCUT2D eigenvalue weighted by Gasteiger charge is 2.37. The molecule has 17 heavy (non-hydrogen) atoms. The highest BCUT2D eigenvalue weighted by Crippen LogP contribution is 2.37. The Morgan fingerprint density at radius 3 is 2.71 bits per heavy atom. The highest BCUT2D eigenvalue weighted by molar-refractivity contribution is 4.93. The molecular formula is C15H30N2. The predicted molar refractivity (Wildman–Crippen MR) is 74.3 cm³/mol. The van der Waals surface area contributed by atoms with Crippen LogP contribution in [0, 0.1) is 5.92 Å². The number of likely N-dealkylation sites (tertiary alicyclic amines) is 1. The molecule has 0 bridgehead atoms. The van der Waals surface area contributed by atoms with Crippen LogP contribution in [0.1, 0.15) is 59.3 Å². The van der Waals surface area contributed by atoms with Gasteiger partial charge in [0.05, 0.1) is 0 Å². The lowest BCUT2D eigenvalue weighted by Crippen LogP contribution is -2.54. The normalized spacial score (nSPS) is 33.4. The van der Waals surface area contributed by atoms with Gasteiger partial charge in [0.15, 0.2) is 0 Å². The summed E-state index contributed by atoms with van der Waals surface area (Å²) in [5.74, 6) is 1.02. The van der Waals surface area contributed by atoms with Gasteiger partial charge in [0.2, 0.25) is 0 Å². The van der Waals surface area contributed by atoms with Crippen molar-refractivity contribution in [1.82, 2.24) is 10.2 Å². The van der Waals surface area contributed by atoms with E-state index in [0.717, 1.165) is 18.5 Å². The predicted octanol–water partition coefficient (Wildman–Crippen LogP) is 3.03. The molecule has 1 heterocycles. The third kappa shape index (κ3) is 3.03. The van der Waals surface area contributed by atoms with Crippen LogP contribution in [0.15, 0.2) is 0 Å². The summed E-state index contributed by atoms with van der Waals surface area (Å²) >= 11 is 0. The number of fused-ring (bicyclic) bond motifs is 1. The van der Waals surface area contributed by atoms with Gasteiger partial charge in [0.25, 0.3) is 0 Å². The van der Waals surface area contributed by atoms with Gasteiger partial charge in [0.1, 0.15) is 0 Å². The Morgan fingerprint density at radius 2 is 1.94 bits per heavy atom. The number of hydrogen-bond donors (Lipinski definition) is 1. The maximum atomic E-state index is 3.67. The van der Waals surface area contributed by atoms with Crippen molar-refractivity contribution in [3.8, 4) is 0 Å². The fourth-order valence-corrected chi connectivity index (χ4v) is 3.83. The van der Waals surface area contributed by atoms with E-state index in [4.69, 9.17) is 0 Å². The molecule has 0 aromatic heterocycles. The standard InChI is InChI=1S/C15H30N2/c1-4-10-16-12(2)13(3)17-11-6-8-14-7-5-9-15(14)17/h12-16H,4-11H2,1-3H3. The lowest BCUT2D eigenvalue weighted by atomic mass is 9.90. The summed E-state index contributed by atoms with van der Waals surface area (Å²) in [6, 6.07) is 2.24. The Hall–Kier alpha value is -0.0800. The Balaban J connectivity index is 1.90. The molecular weight excluding hydrogens is 208 g/mol. The molecule has 4 unspecified atom stereocenters. The minimum Gasteiger partial charge on any atom is -0.313 e. The van der Waals surface area contributed by atoms with E-state index in [0.29, 0.717) is 12.1 Å². The second-order valence-corrected chi connectivity index (χ2v) is 6.12. The van der Waals surface area contributed by atoms with Crippen LogP contribution in [0.2, 0.25) is 0 Å². The number of piperidine rings is 1. The van der Waals surface area contributed by atoms with Crippen LogP contribution in [0.5, 0.6) is 0 Å². The van der Waals surface area contributed by atoms with E-state index in [-0.39, 0.29) is 0 Å². The van der Waals surface area contributed by atoms with Gasteiger partial charge in [-0.05, 0) is 65.0 Å². The fourth-order valence-electron chi connectivity index (χ4n) is 3.83. The van der Waals surface area contributed by atoms with Crippen molar-refractivity contribution in [3.05, 3.63) is 0 Å². The maximum absolute atomic E-state index is 3.67. The Bertz CT molecular complexity index is 229.